The average Bonchev–Trinajstić information content (AvgIpc) is 2.48. The molecule has 0 amide bonds. The molecule has 0 saturated heterocycles. The van der Waals surface area contributed by atoms with Crippen molar-refractivity contribution in [3.8, 4) is 11.5 Å². The molecule has 1 N–H and O–H groups in total. The number of hydrogen-bond acceptors (Lipinski definition) is 3. The molecule has 0 fully saturated rings. The van der Waals surface area contributed by atoms with Crippen LogP contribution in [0.3, 0.4) is 0 Å². The Hall–Kier alpha value is -1.58. The highest BCUT2D eigenvalue weighted by Gasteiger charge is 2.14. The summed E-state index contributed by atoms with van der Waals surface area (Å²) in [6.07, 6.45) is 0. The fraction of sp³-hybridized carbons (Fsp3) is 0.250. The van der Waals surface area contributed by atoms with Crippen molar-refractivity contribution in [2.75, 3.05) is 18.5 Å². The first kappa shape index (κ1) is 14.4. The van der Waals surface area contributed by atoms with Crippen LogP contribution in [0.25, 0.3) is 0 Å². The third-order valence-corrected chi connectivity index (χ3v) is 4.07. The minimum absolute atomic E-state index is 0.554. The summed E-state index contributed by atoms with van der Waals surface area (Å²) in [7, 11) is 0. The van der Waals surface area contributed by atoms with Gasteiger partial charge in [-0.25, -0.2) is 0 Å². The van der Waals surface area contributed by atoms with Crippen molar-refractivity contribution in [3.63, 3.8) is 0 Å². The Morgan fingerprint density at radius 2 is 1.71 bits per heavy atom. The largest absolute Gasteiger partial charge is 0.486 e. The van der Waals surface area contributed by atoms with Crippen molar-refractivity contribution in [3.05, 3.63) is 51.5 Å². The van der Waals surface area contributed by atoms with Crippen molar-refractivity contribution in [1.29, 1.82) is 0 Å². The first-order valence-electron chi connectivity index (χ1n) is 6.71. The third-order valence-electron chi connectivity index (χ3n) is 3.35. The molecule has 3 rings (SSSR count). The summed E-state index contributed by atoms with van der Waals surface area (Å²) in [6.45, 7) is 3.73. The smallest absolute Gasteiger partial charge is 0.163 e. The molecule has 1 heterocycles. The Morgan fingerprint density at radius 3 is 2.43 bits per heavy atom. The predicted octanol–water partition coefficient (Wildman–Crippen LogP) is 4.69. The Labute approximate surface area is 133 Å². The summed E-state index contributed by atoms with van der Waals surface area (Å²) in [4.78, 5) is 0. The van der Waals surface area contributed by atoms with Gasteiger partial charge in [0, 0.05) is 23.7 Å². The topological polar surface area (TPSA) is 30.5 Å². The van der Waals surface area contributed by atoms with Crippen LogP contribution in [0.4, 0.5) is 5.69 Å². The summed E-state index contributed by atoms with van der Waals surface area (Å²) in [5.41, 5.74) is 2.98. The van der Waals surface area contributed by atoms with Gasteiger partial charge in [0.05, 0.1) is 10.7 Å². The van der Waals surface area contributed by atoms with Gasteiger partial charge in [-0.2, -0.15) is 0 Å². The fourth-order valence-corrected chi connectivity index (χ4v) is 2.57. The van der Waals surface area contributed by atoms with Gasteiger partial charge in [-0.1, -0.05) is 35.3 Å². The standard InChI is InChI=1S/C16H15Cl2NO2/c1-10-2-3-11(6-12(10)17)9-19-14-8-16-15(7-13(14)18)20-4-5-21-16/h2-3,6-8,19H,4-5,9H2,1H3. The molecule has 2 aromatic rings. The Bertz CT molecular complexity index is 674. The SMILES string of the molecule is Cc1ccc(CNc2cc3c(cc2Cl)OCCO3)cc1Cl. The molecule has 0 radical (unpaired) electrons. The first-order chi connectivity index (χ1) is 10.1. The highest BCUT2D eigenvalue weighted by molar-refractivity contribution is 6.33. The van der Waals surface area contributed by atoms with Crippen LogP contribution in [-0.2, 0) is 6.54 Å². The lowest BCUT2D eigenvalue weighted by molar-refractivity contribution is 0.171. The van der Waals surface area contributed by atoms with Crippen molar-refractivity contribution >= 4 is 28.9 Å². The minimum atomic E-state index is 0.554. The van der Waals surface area contributed by atoms with Gasteiger partial charge in [-0.15, -0.1) is 0 Å². The highest BCUT2D eigenvalue weighted by atomic mass is 35.5. The van der Waals surface area contributed by atoms with E-state index in [1.165, 1.54) is 0 Å². The van der Waals surface area contributed by atoms with E-state index in [1.54, 1.807) is 6.07 Å². The molecule has 0 spiro atoms. The van der Waals surface area contributed by atoms with E-state index in [9.17, 15) is 0 Å². The molecule has 0 aromatic heterocycles. The van der Waals surface area contributed by atoms with Crippen LogP contribution in [0, 0.1) is 6.92 Å². The maximum Gasteiger partial charge on any atom is 0.163 e. The second-order valence-electron chi connectivity index (χ2n) is 4.91. The summed E-state index contributed by atoms with van der Waals surface area (Å²) in [6, 6.07) is 9.65. The van der Waals surface area contributed by atoms with E-state index in [4.69, 9.17) is 32.7 Å². The first-order valence-corrected chi connectivity index (χ1v) is 7.47. The molecule has 3 nitrogen and oxygen atoms in total. The zero-order chi connectivity index (χ0) is 14.8. The molecule has 0 atom stereocenters. The zero-order valence-electron chi connectivity index (χ0n) is 11.6. The summed E-state index contributed by atoms with van der Waals surface area (Å²) < 4.78 is 11.1. The number of ether oxygens (including phenoxy) is 2. The Kier molecular flexibility index (Phi) is 4.13. The van der Waals surface area contributed by atoms with Crippen molar-refractivity contribution in [2.24, 2.45) is 0 Å². The van der Waals surface area contributed by atoms with E-state index in [0.717, 1.165) is 27.6 Å². The predicted molar refractivity (Wildman–Crippen MR) is 86.0 cm³/mol. The van der Waals surface area contributed by atoms with E-state index in [1.807, 2.05) is 31.2 Å². The number of fused-ring (bicyclic) bond motifs is 1. The van der Waals surface area contributed by atoms with Crippen LogP contribution in [0.1, 0.15) is 11.1 Å². The number of rotatable bonds is 3. The molecule has 110 valence electrons. The number of halogens is 2. The van der Waals surface area contributed by atoms with Crippen LogP contribution in [0.2, 0.25) is 10.0 Å². The quantitative estimate of drug-likeness (QED) is 0.889. The molecule has 2 aromatic carbocycles. The zero-order valence-corrected chi connectivity index (χ0v) is 13.1. The van der Waals surface area contributed by atoms with Gasteiger partial charge >= 0.3 is 0 Å². The second kappa shape index (κ2) is 6.04. The number of hydrogen-bond donors (Lipinski definition) is 1. The maximum atomic E-state index is 6.26. The van der Waals surface area contributed by atoms with Gasteiger partial charge in [-0.05, 0) is 24.1 Å². The van der Waals surface area contributed by atoms with Crippen molar-refractivity contribution in [1.82, 2.24) is 0 Å². The van der Waals surface area contributed by atoms with E-state index in [0.29, 0.717) is 30.5 Å². The Balaban J connectivity index is 1.77. The van der Waals surface area contributed by atoms with Crippen LogP contribution in [-0.4, -0.2) is 13.2 Å². The van der Waals surface area contributed by atoms with Crippen LogP contribution < -0.4 is 14.8 Å². The van der Waals surface area contributed by atoms with Gasteiger partial charge < -0.3 is 14.8 Å². The highest BCUT2D eigenvalue weighted by Crippen LogP contribution is 2.38. The lowest BCUT2D eigenvalue weighted by atomic mass is 10.1. The summed E-state index contributed by atoms with van der Waals surface area (Å²) >= 11 is 12.4. The monoisotopic (exact) mass is 323 g/mol. The molecule has 1 aliphatic heterocycles. The Morgan fingerprint density at radius 1 is 1.00 bits per heavy atom. The van der Waals surface area contributed by atoms with E-state index >= 15 is 0 Å². The molecule has 0 saturated carbocycles. The molecule has 1 aliphatic rings. The van der Waals surface area contributed by atoms with Gasteiger partial charge in [-0.3, -0.25) is 0 Å². The van der Waals surface area contributed by atoms with Gasteiger partial charge in [0.15, 0.2) is 11.5 Å². The molecule has 0 bridgehead atoms. The summed E-state index contributed by atoms with van der Waals surface area (Å²) in [5.74, 6) is 1.41. The van der Waals surface area contributed by atoms with E-state index in [2.05, 4.69) is 5.32 Å². The summed E-state index contributed by atoms with van der Waals surface area (Å²) in [5, 5.41) is 4.67. The van der Waals surface area contributed by atoms with Crippen LogP contribution in [0.15, 0.2) is 30.3 Å². The van der Waals surface area contributed by atoms with E-state index in [-0.39, 0.29) is 0 Å². The molecular weight excluding hydrogens is 309 g/mol. The molecule has 21 heavy (non-hydrogen) atoms. The lowest BCUT2D eigenvalue weighted by Crippen LogP contribution is -2.15. The minimum Gasteiger partial charge on any atom is -0.486 e. The fourth-order valence-electron chi connectivity index (χ4n) is 2.14. The third kappa shape index (κ3) is 3.20. The number of nitrogens with one attached hydrogen (secondary N) is 1. The van der Waals surface area contributed by atoms with Crippen LogP contribution >= 0.6 is 23.2 Å². The van der Waals surface area contributed by atoms with Crippen molar-refractivity contribution < 1.29 is 9.47 Å². The van der Waals surface area contributed by atoms with Gasteiger partial charge in [0.25, 0.3) is 0 Å². The molecule has 0 unspecified atom stereocenters. The molecule has 5 heteroatoms. The maximum absolute atomic E-state index is 6.26. The molecular formula is C16H15Cl2NO2. The number of aryl methyl sites for hydroxylation is 1. The molecule has 0 aliphatic carbocycles. The normalized spacial score (nSPS) is 13.1. The van der Waals surface area contributed by atoms with Gasteiger partial charge in [0.2, 0.25) is 0 Å². The average molecular weight is 324 g/mol. The second-order valence-corrected chi connectivity index (χ2v) is 5.73. The number of anilines is 1. The van der Waals surface area contributed by atoms with Crippen LogP contribution in [0.5, 0.6) is 11.5 Å². The van der Waals surface area contributed by atoms with Crippen molar-refractivity contribution in [2.45, 2.75) is 13.5 Å². The van der Waals surface area contributed by atoms with E-state index < -0.39 is 0 Å². The van der Waals surface area contributed by atoms with Gasteiger partial charge in [0.1, 0.15) is 13.2 Å². The number of benzene rings is 2. The lowest BCUT2D eigenvalue weighted by Gasteiger charge is -2.20.